The van der Waals surface area contributed by atoms with E-state index in [1.165, 1.54) is 10.7 Å². The fraction of sp³-hybridized carbons (Fsp3) is 0.417. The lowest BCUT2D eigenvalue weighted by molar-refractivity contribution is -0.0543. The largest absolute Gasteiger partial charge is 0.341 e. The Hall–Kier alpha value is -2.09. The SMILES string of the molecule is O=C(N[C@@H]1CNCCC1(F)F)c1cn2ncccc2n1. The molecule has 6 nitrogen and oxygen atoms in total. The van der Waals surface area contributed by atoms with Crippen molar-refractivity contribution in [1.29, 1.82) is 0 Å². The predicted molar refractivity (Wildman–Crippen MR) is 66.7 cm³/mol. The summed E-state index contributed by atoms with van der Waals surface area (Å²) in [5.74, 6) is -3.53. The Morgan fingerprint density at radius 2 is 2.40 bits per heavy atom. The standard InChI is InChI=1S/C12H13F2N5O/c13-12(14)3-5-15-6-9(12)18-11(20)8-7-19-10(17-8)2-1-4-16-19/h1-2,4,7,9,15H,3,5-6H2,(H,18,20)/t9-/m1/s1. The first-order chi connectivity index (χ1) is 9.56. The van der Waals surface area contributed by atoms with Gasteiger partial charge in [0.2, 0.25) is 0 Å². The molecule has 3 rings (SSSR count). The van der Waals surface area contributed by atoms with Gasteiger partial charge in [-0.05, 0) is 12.1 Å². The number of nitrogens with zero attached hydrogens (tertiary/aromatic N) is 3. The molecular formula is C12H13F2N5O. The van der Waals surface area contributed by atoms with Crippen LogP contribution in [0.4, 0.5) is 8.78 Å². The molecule has 0 aromatic carbocycles. The van der Waals surface area contributed by atoms with Crippen LogP contribution in [0.3, 0.4) is 0 Å². The van der Waals surface area contributed by atoms with Crippen LogP contribution in [0.5, 0.6) is 0 Å². The van der Waals surface area contributed by atoms with Gasteiger partial charge in [0.15, 0.2) is 5.65 Å². The van der Waals surface area contributed by atoms with Crippen molar-refractivity contribution >= 4 is 11.6 Å². The number of halogens is 2. The molecule has 3 heterocycles. The number of aromatic nitrogens is 3. The predicted octanol–water partition coefficient (Wildman–Crippen LogP) is 0.456. The van der Waals surface area contributed by atoms with E-state index in [-0.39, 0.29) is 25.2 Å². The van der Waals surface area contributed by atoms with Gasteiger partial charge in [-0.25, -0.2) is 18.3 Å². The molecule has 1 amide bonds. The molecule has 0 unspecified atom stereocenters. The van der Waals surface area contributed by atoms with Gasteiger partial charge in [0, 0.05) is 25.7 Å². The molecule has 1 atom stereocenters. The monoisotopic (exact) mass is 281 g/mol. The number of rotatable bonds is 2. The van der Waals surface area contributed by atoms with Crippen LogP contribution < -0.4 is 10.6 Å². The third kappa shape index (κ3) is 2.34. The molecule has 0 saturated carbocycles. The van der Waals surface area contributed by atoms with Gasteiger partial charge in [-0.3, -0.25) is 4.79 Å². The Kier molecular flexibility index (Phi) is 3.09. The lowest BCUT2D eigenvalue weighted by atomic mass is 10.0. The van der Waals surface area contributed by atoms with Crippen LogP contribution in [0.1, 0.15) is 16.9 Å². The zero-order chi connectivity index (χ0) is 14.2. The van der Waals surface area contributed by atoms with Gasteiger partial charge in [0.05, 0.1) is 6.20 Å². The third-order valence-corrected chi connectivity index (χ3v) is 3.27. The highest BCUT2D eigenvalue weighted by Crippen LogP contribution is 2.25. The van der Waals surface area contributed by atoms with Gasteiger partial charge in [-0.2, -0.15) is 5.10 Å². The summed E-state index contributed by atoms with van der Waals surface area (Å²) in [4.78, 5) is 16.0. The summed E-state index contributed by atoms with van der Waals surface area (Å²) in [6.07, 6.45) is 2.68. The molecule has 20 heavy (non-hydrogen) atoms. The zero-order valence-electron chi connectivity index (χ0n) is 10.5. The fourth-order valence-electron chi connectivity index (χ4n) is 2.15. The summed E-state index contributed by atoms with van der Waals surface area (Å²) in [6.45, 7) is 0.294. The van der Waals surface area contributed by atoms with E-state index in [0.29, 0.717) is 5.65 Å². The minimum atomic E-state index is -2.90. The highest BCUT2D eigenvalue weighted by molar-refractivity contribution is 5.93. The topological polar surface area (TPSA) is 71.3 Å². The second-order valence-electron chi connectivity index (χ2n) is 4.69. The van der Waals surface area contributed by atoms with Gasteiger partial charge in [0.1, 0.15) is 11.7 Å². The molecule has 1 saturated heterocycles. The lowest BCUT2D eigenvalue weighted by Gasteiger charge is -2.32. The number of carbonyl (C=O) groups is 1. The average Bonchev–Trinajstić information content (AvgIpc) is 2.85. The Morgan fingerprint density at radius 3 is 3.15 bits per heavy atom. The molecule has 2 aromatic heterocycles. The number of amides is 1. The number of fused-ring (bicyclic) bond motifs is 1. The van der Waals surface area contributed by atoms with Gasteiger partial charge in [0.25, 0.3) is 11.8 Å². The maximum atomic E-state index is 13.7. The van der Waals surface area contributed by atoms with Crippen LogP contribution in [0.2, 0.25) is 0 Å². The van der Waals surface area contributed by atoms with Crippen molar-refractivity contribution in [2.24, 2.45) is 0 Å². The molecule has 1 aliphatic heterocycles. The molecule has 0 bridgehead atoms. The minimum Gasteiger partial charge on any atom is -0.341 e. The zero-order valence-corrected chi connectivity index (χ0v) is 10.5. The van der Waals surface area contributed by atoms with E-state index in [0.717, 1.165) is 0 Å². The van der Waals surface area contributed by atoms with Gasteiger partial charge in [-0.15, -0.1) is 0 Å². The molecule has 2 aromatic rings. The van der Waals surface area contributed by atoms with Crippen LogP contribution in [-0.4, -0.2) is 45.6 Å². The van der Waals surface area contributed by atoms with Crippen molar-refractivity contribution in [2.75, 3.05) is 13.1 Å². The smallest absolute Gasteiger partial charge is 0.272 e. The molecule has 1 fully saturated rings. The van der Waals surface area contributed by atoms with Crippen molar-refractivity contribution in [3.05, 3.63) is 30.2 Å². The number of piperidine rings is 1. The van der Waals surface area contributed by atoms with Crippen LogP contribution in [-0.2, 0) is 0 Å². The minimum absolute atomic E-state index is 0.0460. The van der Waals surface area contributed by atoms with Crippen LogP contribution in [0, 0.1) is 0 Å². The number of nitrogens with one attached hydrogen (secondary N) is 2. The highest BCUT2D eigenvalue weighted by atomic mass is 19.3. The Balaban J connectivity index is 1.78. The number of carbonyl (C=O) groups excluding carboxylic acids is 1. The van der Waals surface area contributed by atoms with E-state index in [4.69, 9.17) is 0 Å². The number of hydrogen-bond donors (Lipinski definition) is 2. The number of alkyl halides is 2. The van der Waals surface area contributed by atoms with Crippen LogP contribution in [0.15, 0.2) is 24.5 Å². The third-order valence-electron chi connectivity index (χ3n) is 3.27. The average molecular weight is 281 g/mol. The second-order valence-corrected chi connectivity index (χ2v) is 4.69. The van der Waals surface area contributed by atoms with Crippen molar-refractivity contribution in [3.8, 4) is 0 Å². The van der Waals surface area contributed by atoms with Crippen LogP contribution >= 0.6 is 0 Å². The highest BCUT2D eigenvalue weighted by Gasteiger charge is 2.42. The molecule has 106 valence electrons. The Labute approximate surface area is 113 Å². The van der Waals surface area contributed by atoms with Crippen molar-refractivity contribution in [3.63, 3.8) is 0 Å². The van der Waals surface area contributed by atoms with Gasteiger partial charge < -0.3 is 10.6 Å². The summed E-state index contributed by atoms with van der Waals surface area (Å²) < 4.78 is 28.7. The molecule has 0 radical (unpaired) electrons. The molecular weight excluding hydrogens is 268 g/mol. The van der Waals surface area contributed by atoms with Crippen LogP contribution in [0.25, 0.3) is 5.65 Å². The van der Waals surface area contributed by atoms with E-state index < -0.39 is 17.9 Å². The van der Waals surface area contributed by atoms with Crippen molar-refractivity contribution in [1.82, 2.24) is 25.2 Å². The van der Waals surface area contributed by atoms with E-state index in [1.54, 1.807) is 18.3 Å². The molecule has 1 aliphatic rings. The molecule has 0 aliphatic carbocycles. The van der Waals surface area contributed by atoms with E-state index >= 15 is 0 Å². The van der Waals surface area contributed by atoms with Crippen molar-refractivity contribution in [2.45, 2.75) is 18.4 Å². The summed E-state index contributed by atoms with van der Waals surface area (Å²) in [7, 11) is 0. The quantitative estimate of drug-likeness (QED) is 0.839. The fourth-order valence-corrected chi connectivity index (χ4v) is 2.15. The van der Waals surface area contributed by atoms with E-state index in [1.807, 2.05) is 0 Å². The molecule has 2 N–H and O–H groups in total. The number of hydrogen-bond acceptors (Lipinski definition) is 4. The lowest BCUT2D eigenvalue weighted by Crippen LogP contribution is -2.57. The maximum absolute atomic E-state index is 13.7. The van der Waals surface area contributed by atoms with E-state index in [2.05, 4.69) is 20.7 Å². The molecule has 0 spiro atoms. The summed E-state index contributed by atoms with van der Waals surface area (Å²) >= 11 is 0. The second kappa shape index (κ2) is 4.78. The van der Waals surface area contributed by atoms with Crippen molar-refractivity contribution < 1.29 is 13.6 Å². The first-order valence-corrected chi connectivity index (χ1v) is 6.26. The normalized spacial score (nSPS) is 21.8. The maximum Gasteiger partial charge on any atom is 0.272 e. The Morgan fingerprint density at radius 1 is 1.55 bits per heavy atom. The first kappa shape index (κ1) is 12.9. The first-order valence-electron chi connectivity index (χ1n) is 6.26. The van der Waals surface area contributed by atoms with E-state index in [9.17, 15) is 13.6 Å². The van der Waals surface area contributed by atoms with Gasteiger partial charge in [-0.1, -0.05) is 0 Å². The number of imidazole rings is 1. The summed E-state index contributed by atoms with van der Waals surface area (Å²) in [6, 6.07) is 2.14. The summed E-state index contributed by atoms with van der Waals surface area (Å²) in [5, 5.41) is 9.15. The Bertz CT molecular complexity index is 609. The summed E-state index contributed by atoms with van der Waals surface area (Å²) in [5.41, 5.74) is 0.566. The molecule has 8 heteroatoms. The van der Waals surface area contributed by atoms with Gasteiger partial charge >= 0.3 is 0 Å².